The first-order chi connectivity index (χ1) is 5.54. The molecule has 0 saturated carbocycles. The van der Waals surface area contributed by atoms with Crippen LogP contribution in [-0.2, 0) is 4.74 Å². The first-order valence-corrected chi connectivity index (χ1v) is 3.96. The number of hydrogen-bond acceptors (Lipinski definition) is 4. The Morgan fingerprint density at radius 3 is 2.50 bits per heavy atom. The average Bonchev–Trinajstić information content (AvgIpc) is 2.00. The van der Waals surface area contributed by atoms with Crippen LogP contribution in [0.3, 0.4) is 0 Å². The maximum atomic E-state index is 9.32. The van der Waals surface area contributed by atoms with E-state index in [1.807, 2.05) is 13.8 Å². The van der Waals surface area contributed by atoms with Crippen LogP contribution in [0.25, 0.3) is 0 Å². The van der Waals surface area contributed by atoms with Gasteiger partial charge in [-0.3, -0.25) is 0 Å². The predicted molar refractivity (Wildman–Crippen MR) is 42.5 cm³/mol. The molecule has 1 aliphatic rings. The lowest BCUT2D eigenvalue weighted by atomic mass is 10.0. The lowest BCUT2D eigenvalue weighted by Crippen LogP contribution is -2.37. The Bertz CT molecular complexity index is 197. The Morgan fingerprint density at radius 2 is 2.00 bits per heavy atom. The molecule has 70 valence electrons. The van der Waals surface area contributed by atoms with E-state index in [1.165, 1.54) is 0 Å². The Morgan fingerprint density at radius 1 is 1.42 bits per heavy atom. The third-order valence-corrected chi connectivity index (χ3v) is 1.83. The fourth-order valence-corrected chi connectivity index (χ4v) is 1.13. The molecule has 2 atom stereocenters. The lowest BCUT2D eigenvalue weighted by Gasteiger charge is -2.27. The van der Waals surface area contributed by atoms with Crippen LogP contribution in [0.5, 0.6) is 0 Å². The summed E-state index contributed by atoms with van der Waals surface area (Å²) in [5.74, 6) is 0.142. The second-order valence-corrected chi connectivity index (χ2v) is 3.23. The molecule has 0 aromatic rings. The largest absolute Gasteiger partial charge is 0.506 e. The van der Waals surface area contributed by atoms with Gasteiger partial charge >= 0.3 is 0 Å². The summed E-state index contributed by atoms with van der Waals surface area (Å²) in [6.07, 6.45) is -2.22. The smallest absolute Gasteiger partial charge is 0.162 e. The molecule has 4 heteroatoms. The van der Waals surface area contributed by atoms with Crippen molar-refractivity contribution >= 4 is 0 Å². The molecule has 0 spiro atoms. The molecule has 12 heavy (non-hydrogen) atoms. The molecule has 0 aromatic carbocycles. The van der Waals surface area contributed by atoms with E-state index in [-0.39, 0.29) is 18.3 Å². The van der Waals surface area contributed by atoms with Gasteiger partial charge in [0.2, 0.25) is 0 Å². The fraction of sp³-hybridized carbons (Fsp3) is 0.750. The molecule has 1 aliphatic heterocycles. The Labute approximate surface area is 71.1 Å². The van der Waals surface area contributed by atoms with Crippen LogP contribution in [0.4, 0.5) is 0 Å². The molecule has 0 bridgehead atoms. The summed E-state index contributed by atoms with van der Waals surface area (Å²) in [7, 11) is 0. The zero-order valence-corrected chi connectivity index (χ0v) is 7.19. The summed E-state index contributed by atoms with van der Waals surface area (Å²) < 4.78 is 5.05. The van der Waals surface area contributed by atoms with Crippen molar-refractivity contribution in [2.45, 2.75) is 26.1 Å². The Hall–Kier alpha value is -0.740. The van der Waals surface area contributed by atoms with Gasteiger partial charge in [0, 0.05) is 5.92 Å². The van der Waals surface area contributed by atoms with Crippen LogP contribution in [-0.4, -0.2) is 34.1 Å². The summed E-state index contributed by atoms with van der Waals surface area (Å²) in [6, 6.07) is 0. The van der Waals surface area contributed by atoms with E-state index in [2.05, 4.69) is 0 Å². The second-order valence-electron chi connectivity index (χ2n) is 3.23. The van der Waals surface area contributed by atoms with Crippen LogP contribution in [0.15, 0.2) is 11.5 Å². The lowest BCUT2D eigenvalue weighted by molar-refractivity contribution is -0.0557. The quantitative estimate of drug-likeness (QED) is 0.529. The third kappa shape index (κ3) is 1.54. The third-order valence-electron chi connectivity index (χ3n) is 1.83. The Kier molecular flexibility index (Phi) is 2.59. The zero-order chi connectivity index (χ0) is 9.30. The molecule has 0 saturated heterocycles. The van der Waals surface area contributed by atoms with E-state index in [1.54, 1.807) is 0 Å². The molecule has 4 nitrogen and oxygen atoms in total. The summed E-state index contributed by atoms with van der Waals surface area (Å²) in [6.45, 7) is 3.73. The number of ether oxygens (including phenoxy) is 1. The van der Waals surface area contributed by atoms with Crippen molar-refractivity contribution in [3.8, 4) is 0 Å². The first-order valence-electron chi connectivity index (χ1n) is 3.96. The van der Waals surface area contributed by atoms with Crippen molar-refractivity contribution in [1.82, 2.24) is 0 Å². The minimum Gasteiger partial charge on any atom is -0.506 e. The van der Waals surface area contributed by atoms with Gasteiger partial charge in [-0.05, 0) is 0 Å². The molecule has 0 aliphatic carbocycles. The molecule has 1 rings (SSSR count). The van der Waals surface area contributed by atoms with Crippen molar-refractivity contribution < 1.29 is 20.1 Å². The minimum absolute atomic E-state index is 0.0205. The molecule has 2 unspecified atom stereocenters. The molecule has 0 amide bonds. The number of rotatable bonds is 1. The second kappa shape index (κ2) is 3.33. The molecule has 0 aromatic heterocycles. The maximum absolute atomic E-state index is 9.32. The topological polar surface area (TPSA) is 69.9 Å². The monoisotopic (exact) mass is 174 g/mol. The Balaban J connectivity index is 2.85. The highest BCUT2D eigenvalue weighted by molar-refractivity contribution is 5.12. The van der Waals surface area contributed by atoms with E-state index >= 15 is 0 Å². The van der Waals surface area contributed by atoms with Crippen LogP contribution in [0, 0.1) is 5.92 Å². The van der Waals surface area contributed by atoms with Gasteiger partial charge in [-0.2, -0.15) is 0 Å². The predicted octanol–water partition coefficient (Wildman–Crippen LogP) is 0.164. The summed E-state index contributed by atoms with van der Waals surface area (Å²) in [4.78, 5) is 0. The van der Waals surface area contributed by atoms with Gasteiger partial charge < -0.3 is 20.1 Å². The van der Waals surface area contributed by atoms with Gasteiger partial charge in [0.05, 0.1) is 0 Å². The van der Waals surface area contributed by atoms with Gasteiger partial charge in [0.25, 0.3) is 0 Å². The van der Waals surface area contributed by atoms with E-state index in [0.717, 1.165) is 0 Å². The SMILES string of the molecule is CC(C)C1=C(O)C(O)C(O)CO1. The van der Waals surface area contributed by atoms with E-state index < -0.39 is 12.2 Å². The number of hydrogen-bond donors (Lipinski definition) is 3. The molecular weight excluding hydrogens is 160 g/mol. The number of aliphatic hydroxyl groups is 3. The highest BCUT2D eigenvalue weighted by Gasteiger charge is 2.30. The number of aliphatic hydroxyl groups excluding tert-OH is 3. The van der Waals surface area contributed by atoms with E-state index in [0.29, 0.717) is 5.76 Å². The van der Waals surface area contributed by atoms with Crippen molar-refractivity contribution in [3.63, 3.8) is 0 Å². The van der Waals surface area contributed by atoms with Crippen molar-refractivity contribution in [3.05, 3.63) is 11.5 Å². The van der Waals surface area contributed by atoms with Gasteiger partial charge in [-0.25, -0.2) is 0 Å². The van der Waals surface area contributed by atoms with Gasteiger partial charge in [-0.15, -0.1) is 0 Å². The first kappa shape index (κ1) is 9.35. The van der Waals surface area contributed by atoms with Crippen LogP contribution in [0.2, 0.25) is 0 Å². The molecular formula is C8H14O4. The summed E-state index contributed by atoms with van der Waals surface area (Å²) in [5.41, 5.74) is 0. The molecule has 0 fully saturated rings. The summed E-state index contributed by atoms with van der Waals surface area (Å²) in [5, 5.41) is 27.6. The number of allylic oxidation sites excluding steroid dienone is 1. The molecule has 0 radical (unpaired) electrons. The molecule has 3 N–H and O–H groups in total. The maximum Gasteiger partial charge on any atom is 0.162 e. The van der Waals surface area contributed by atoms with Crippen LogP contribution < -0.4 is 0 Å². The van der Waals surface area contributed by atoms with E-state index in [9.17, 15) is 10.2 Å². The van der Waals surface area contributed by atoms with E-state index in [4.69, 9.17) is 9.84 Å². The van der Waals surface area contributed by atoms with Crippen LogP contribution >= 0.6 is 0 Å². The van der Waals surface area contributed by atoms with Gasteiger partial charge in [-0.1, -0.05) is 13.8 Å². The average molecular weight is 174 g/mol. The fourth-order valence-electron chi connectivity index (χ4n) is 1.13. The summed E-state index contributed by atoms with van der Waals surface area (Å²) >= 11 is 0. The van der Waals surface area contributed by atoms with Gasteiger partial charge in [0.1, 0.15) is 24.6 Å². The normalized spacial score (nSPS) is 30.8. The standard InChI is InChI=1S/C8H14O4/c1-4(2)8-7(11)6(10)5(9)3-12-8/h4-6,9-11H,3H2,1-2H3. The minimum atomic E-state index is -1.20. The van der Waals surface area contributed by atoms with Crippen molar-refractivity contribution in [1.29, 1.82) is 0 Å². The van der Waals surface area contributed by atoms with Crippen molar-refractivity contribution in [2.24, 2.45) is 5.92 Å². The van der Waals surface area contributed by atoms with Gasteiger partial charge in [0.15, 0.2) is 5.76 Å². The highest BCUT2D eigenvalue weighted by atomic mass is 16.5. The highest BCUT2D eigenvalue weighted by Crippen LogP contribution is 2.23. The van der Waals surface area contributed by atoms with Crippen LogP contribution in [0.1, 0.15) is 13.8 Å². The molecule has 1 heterocycles. The van der Waals surface area contributed by atoms with Crippen molar-refractivity contribution in [2.75, 3.05) is 6.61 Å². The zero-order valence-electron chi connectivity index (χ0n) is 7.19.